The fourth-order valence-corrected chi connectivity index (χ4v) is 6.33. The Hall–Kier alpha value is -2.97. The molecule has 3 aromatic rings. The van der Waals surface area contributed by atoms with Gasteiger partial charge in [0.2, 0.25) is 15.0 Å². The molecule has 0 radical (unpaired) electrons. The molecule has 198 valence electrons. The van der Waals surface area contributed by atoms with Crippen molar-refractivity contribution in [2.24, 2.45) is 5.92 Å². The van der Waals surface area contributed by atoms with Crippen molar-refractivity contribution >= 4 is 15.7 Å². The van der Waals surface area contributed by atoms with Crippen molar-refractivity contribution in [1.29, 1.82) is 0 Å². The number of rotatable bonds is 10. The molecule has 7 nitrogen and oxygen atoms in total. The zero-order valence-corrected chi connectivity index (χ0v) is 23.0. The summed E-state index contributed by atoms with van der Waals surface area (Å²) in [7, 11) is -3.70. The van der Waals surface area contributed by atoms with Crippen LogP contribution in [0, 0.1) is 19.8 Å². The number of nitrogens with zero attached hydrogens (tertiary/aromatic N) is 3. The Morgan fingerprint density at radius 1 is 1.16 bits per heavy atom. The standard InChI is InChI=1S/C29H37N3O4S/c1-21(2)17-32-25(16-30-29(32)37(34,35)20-24-11-7-9-22(3)15-24)18-31(19-26-12-8-14-36-26)28(33)27-13-6-5-10-23(27)4/h5-7,9-11,13,15-16,21,26H,8,12,14,17-20H2,1-4H3/t26-/m1/s1. The highest BCUT2D eigenvalue weighted by atomic mass is 32.2. The summed E-state index contributed by atoms with van der Waals surface area (Å²) in [4.78, 5) is 19.9. The summed E-state index contributed by atoms with van der Waals surface area (Å²) in [5.41, 5.74) is 4.00. The fraction of sp³-hybridized carbons (Fsp3) is 0.448. The molecular formula is C29H37N3O4S. The van der Waals surface area contributed by atoms with Crippen molar-refractivity contribution in [3.63, 3.8) is 0 Å². The van der Waals surface area contributed by atoms with E-state index in [9.17, 15) is 13.2 Å². The zero-order chi connectivity index (χ0) is 26.6. The molecule has 1 saturated heterocycles. The Labute approximate surface area is 220 Å². The average molecular weight is 524 g/mol. The third-order valence-electron chi connectivity index (χ3n) is 6.63. The Bertz CT molecular complexity index is 1340. The molecule has 2 heterocycles. The van der Waals surface area contributed by atoms with Gasteiger partial charge in [0.05, 0.1) is 30.3 Å². The van der Waals surface area contributed by atoms with E-state index >= 15 is 0 Å². The number of aryl methyl sites for hydroxylation is 2. The van der Waals surface area contributed by atoms with Crippen LogP contribution in [-0.4, -0.2) is 48.0 Å². The number of carbonyl (C=O) groups excluding carboxylic acids is 1. The van der Waals surface area contributed by atoms with Crippen LogP contribution in [0.4, 0.5) is 0 Å². The minimum Gasteiger partial charge on any atom is -0.376 e. The van der Waals surface area contributed by atoms with Crippen molar-refractivity contribution < 1.29 is 17.9 Å². The molecule has 0 spiro atoms. The second-order valence-corrected chi connectivity index (χ2v) is 12.3. The number of sulfone groups is 1. The topological polar surface area (TPSA) is 81.5 Å². The lowest BCUT2D eigenvalue weighted by atomic mass is 10.1. The van der Waals surface area contributed by atoms with Crippen LogP contribution in [0.15, 0.2) is 59.9 Å². The molecule has 1 aliphatic rings. The van der Waals surface area contributed by atoms with Gasteiger partial charge in [0, 0.05) is 25.3 Å². The zero-order valence-electron chi connectivity index (χ0n) is 22.2. The van der Waals surface area contributed by atoms with E-state index in [1.165, 1.54) is 0 Å². The number of hydrogen-bond donors (Lipinski definition) is 0. The van der Waals surface area contributed by atoms with Crippen LogP contribution >= 0.6 is 0 Å². The third kappa shape index (κ3) is 6.67. The summed E-state index contributed by atoms with van der Waals surface area (Å²) < 4.78 is 34.7. The van der Waals surface area contributed by atoms with Crippen LogP contribution in [-0.2, 0) is 33.4 Å². The highest BCUT2D eigenvalue weighted by Crippen LogP contribution is 2.23. The molecule has 4 rings (SSSR count). The lowest BCUT2D eigenvalue weighted by molar-refractivity contribution is 0.0500. The number of aromatic nitrogens is 2. The molecule has 1 atom stereocenters. The Morgan fingerprint density at radius 2 is 1.95 bits per heavy atom. The smallest absolute Gasteiger partial charge is 0.254 e. The van der Waals surface area contributed by atoms with E-state index in [1.807, 2.05) is 76.2 Å². The lowest BCUT2D eigenvalue weighted by Gasteiger charge is -2.27. The van der Waals surface area contributed by atoms with Crippen LogP contribution in [0.5, 0.6) is 0 Å². The summed E-state index contributed by atoms with van der Waals surface area (Å²) in [5.74, 6) is -0.0139. The van der Waals surface area contributed by atoms with Gasteiger partial charge in [-0.3, -0.25) is 4.79 Å². The van der Waals surface area contributed by atoms with E-state index in [1.54, 1.807) is 15.7 Å². The van der Waals surface area contributed by atoms with Gasteiger partial charge in [-0.1, -0.05) is 61.9 Å². The lowest BCUT2D eigenvalue weighted by Crippen LogP contribution is -2.38. The van der Waals surface area contributed by atoms with Crippen LogP contribution in [0.2, 0.25) is 0 Å². The van der Waals surface area contributed by atoms with E-state index in [4.69, 9.17) is 4.74 Å². The van der Waals surface area contributed by atoms with E-state index in [-0.39, 0.29) is 35.4 Å². The molecule has 1 fully saturated rings. The van der Waals surface area contributed by atoms with Gasteiger partial charge >= 0.3 is 0 Å². The van der Waals surface area contributed by atoms with Gasteiger partial charge < -0.3 is 14.2 Å². The minimum absolute atomic E-state index is 0.0287. The first-order chi connectivity index (χ1) is 17.6. The Morgan fingerprint density at radius 3 is 2.62 bits per heavy atom. The maximum absolute atomic E-state index is 13.7. The van der Waals surface area contributed by atoms with Crippen LogP contribution < -0.4 is 0 Å². The molecule has 37 heavy (non-hydrogen) atoms. The van der Waals surface area contributed by atoms with Crippen LogP contribution in [0.3, 0.4) is 0 Å². The number of ether oxygens (including phenoxy) is 1. The molecule has 1 amide bonds. The van der Waals surface area contributed by atoms with E-state index in [2.05, 4.69) is 4.98 Å². The average Bonchev–Trinajstić information content (AvgIpc) is 3.48. The van der Waals surface area contributed by atoms with Crippen LogP contribution in [0.25, 0.3) is 0 Å². The first kappa shape index (κ1) is 27.1. The molecule has 0 saturated carbocycles. The second-order valence-electron chi connectivity index (χ2n) is 10.4. The molecule has 1 aromatic heterocycles. The fourth-order valence-electron chi connectivity index (χ4n) is 4.84. The second kappa shape index (κ2) is 11.6. The van der Waals surface area contributed by atoms with E-state index in [0.29, 0.717) is 31.0 Å². The molecule has 0 aliphatic carbocycles. The third-order valence-corrected chi connectivity index (χ3v) is 8.23. The van der Waals surface area contributed by atoms with E-state index in [0.717, 1.165) is 29.5 Å². The monoisotopic (exact) mass is 523 g/mol. The van der Waals surface area contributed by atoms with Gasteiger partial charge in [-0.2, -0.15) is 0 Å². The quantitative estimate of drug-likeness (QED) is 0.376. The van der Waals surface area contributed by atoms with Gasteiger partial charge in [0.25, 0.3) is 5.91 Å². The predicted octanol–water partition coefficient (Wildman–Crippen LogP) is 4.95. The molecule has 0 N–H and O–H groups in total. The largest absolute Gasteiger partial charge is 0.376 e. The number of imidazole rings is 1. The maximum Gasteiger partial charge on any atom is 0.254 e. The molecule has 1 aliphatic heterocycles. The first-order valence-electron chi connectivity index (χ1n) is 12.9. The number of amides is 1. The SMILES string of the molecule is Cc1cccc(CS(=O)(=O)c2ncc(CN(C[C@H]3CCCO3)C(=O)c3ccccc3C)n2CC(C)C)c1. The summed E-state index contributed by atoms with van der Waals surface area (Å²) in [5, 5.41) is 0.0538. The molecule has 8 heteroatoms. The highest BCUT2D eigenvalue weighted by molar-refractivity contribution is 7.90. The van der Waals surface area contributed by atoms with Crippen molar-refractivity contribution in [2.45, 2.75) is 70.6 Å². The number of hydrogen-bond acceptors (Lipinski definition) is 5. The van der Waals surface area contributed by atoms with Gasteiger partial charge in [-0.05, 0) is 49.8 Å². The van der Waals surface area contributed by atoms with Crippen molar-refractivity contribution in [2.75, 3.05) is 13.2 Å². The summed E-state index contributed by atoms with van der Waals surface area (Å²) in [6.45, 7) is 9.86. The molecule has 0 bridgehead atoms. The number of benzene rings is 2. The molecule has 2 aromatic carbocycles. The van der Waals surface area contributed by atoms with Crippen molar-refractivity contribution in [1.82, 2.24) is 14.5 Å². The van der Waals surface area contributed by atoms with Gasteiger partial charge in [-0.25, -0.2) is 13.4 Å². The minimum atomic E-state index is -3.70. The first-order valence-corrected chi connectivity index (χ1v) is 14.6. The van der Waals surface area contributed by atoms with Crippen molar-refractivity contribution in [3.05, 3.63) is 82.7 Å². The van der Waals surface area contributed by atoms with Crippen LogP contribution in [0.1, 0.15) is 59.4 Å². The maximum atomic E-state index is 13.7. The highest BCUT2D eigenvalue weighted by Gasteiger charge is 2.29. The molecular weight excluding hydrogens is 486 g/mol. The molecule has 0 unspecified atom stereocenters. The normalized spacial score (nSPS) is 15.9. The van der Waals surface area contributed by atoms with Gasteiger partial charge in [0.1, 0.15) is 0 Å². The Balaban J connectivity index is 1.68. The Kier molecular flexibility index (Phi) is 8.49. The van der Waals surface area contributed by atoms with E-state index < -0.39 is 9.84 Å². The summed E-state index contributed by atoms with van der Waals surface area (Å²) in [6, 6.07) is 15.1. The predicted molar refractivity (Wildman–Crippen MR) is 144 cm³/mol. The summed E-state index contributed by atoms with van der Waals surface area (Å²) >= 11 is 0. The number of carbonyl (C=O) groups is 1. The van der Waals surface area contributed by atoms with Crippen molar-refractivity contribution in [3.8, 4) is 0 Å². The van der Waals surface area contributed by atoms with Gasteiger partial charge in [0.15, 0.2) is 0 Å². The van der Waals surface area contributed by atoms with Gasteiger partial charge in [-0.15, -0.1) is 0 Å². The summed E-state index contributed by atoms with van der Waals surface area (Å²) in [6.07, 6.45) is 3.46.